The van der Waals surface area contributed by atoms with E-state index in [9.17, 15) is 9.36 Å². The van der Waals surface area contributed by atoms with Crippen molar-refractivity contribution in [3.63, 3.8) is 0 Å². The largest absolute Gasteiger partial charge is 0.293 e. The molecule has 0 bridgehead atoms. The second-order valence-corrected chi connectivity index (χ2v) is 6.29. The molecule has 0 aromatic heterocycles. The summed E-state index contributed by atoms with van der Waals surface area (Å²) in [4.78, 5) is 13.1. The van der Waals surface area contributed by atoms with Gasteiger partial charge in [0.25, 0.3) is 0 Å². The summed E-state index contributed by atoms with van der Waals surface area (Å²) in [6.07, 6.45) is 2.11. The zero-order valence-electron chi connectivity index (χ0n) is 13.1. The van der Waals surface area contributed by atoms with Gasteiger partial charge in [0.15, 0.2) is 14.2 Å². The number of Topliss-reactive ketones (excluding diaryl/α,β-unsaturated/α-hetero) is 1. The Bertz CT molecular complexity index is 629. The highest BCUT2D eigenvalue weighted by Crippen LogP contribution is 2.29. The molecule has 0 aliphatic heterocycles. The summed E-state index contributed by atoms with van der Waals surface area (Å²) < 4.78 is 10.7. The third kappa shape index (κ3) is 3.90. The van der Waals surface area contributed by atoms with Gasteiger partial charge in [-0.15, -0.1) is 0 Å². The van der Waals surface area contributed by atoms with Gasteiger partial charge in [0.2, 0.25) is 0 Å². The standard InChI is InChI=1S/C19H21O2P/c1-14-8-6-9-15(2)18(14)19(20)17(12-7-13-22-21)16-10-4-3-5-11-16/h3-6,8-11,17H,7,12-13H2,1-2H3. The number of carbonyl (C=O) groups is 1. The Morgan fingerprint density at radius 3 is 2.23 bits per heavy atom. The molecule has 2 aromatic rings. The van der Waals surface area contributed by atoms with Crippen molar-refractivity contribution < 1.29 is 9.36 Å². The van der Waals surface area contributed by atoms with Crippen LogP contribution in [0.25, 0.3) is 0 Å². The van der Waals surface area contributed by atoms with E-state index in [-0.39, 0.29) is 20.2 Å². The highest BCUT2D eigenvalue weighted by atomic mass is 31.1. The van der Waals surface area contributed by atoms with Crippen LogP contribution in [0.3, 0.4) is 0 Å². The van der Waals surface area contributed by atoms with Crippen LogP contribution < -0.4 is 0 Å². The number of carbonyl (C=O) groups excluding carboxylic acids is 1. The summed E-state index contributed by atoms with van der Waals surface area (Å²) in [5.41, 5.74) is 3.91. The van der Waals surface area contributed by atoms with Crippen LogP contribution in [0.15, 0.2) is 48.5 Å². The number of ketones is 1. The molecule has 0 radical (unpaired) electrons. The molecule has 114 valence electrons. The molecule has 0 fully saturated rings. The smallest absolute Gasteiger partial charge is 0.170 e. The van der Waals surface area contributed by atoms with E-state index in [0.717, 1.165) is 35.1 Å². The molecule has 0 saturated heterocycles. The molecule has 1 unspecified atom stereocenters. The average Bonchev–Trinajstić information content (AvgIpc) is 2.52. The van der Waals surface area contributed by atoms with Crippen LogP contribution in [-0.2, 0) is 4.57 Å². The summed E-state index contributed by atoms with van der Waals surface area (Å²) in [7, 11) is 0.150. The molecule has 2 rings (SSSR count). The zero-order chi connectivity index (χ0) is 15.9. The molecule has 0 heterocycles. The van der Waals surface area contributed by atoms with E-state index in [2.05, 4.69) is 0 Å². The topological polar surface area (TPSA) is 34.1 Å². The van der Waals surface area contributed by atoms with Gasteiger partial charge in [-0.05, 0) is 43.4 Å². The molecule has 0 N–H and O–H groups in total. The number of hydrogen-bond donors (Lipinski definition) is 0. The molecule has 0 aliphatic carbocycles. The van der Waals surface area contributed by atoms with Gasteiger partial charge in [0.1, 0.15) is 0 Å². The van der Waals surface area contributed by atoms with Gasteiger partial charge in [-0.25, -0.2) is 0 Å². The Morgan fingerprint density at radius 1 is 1.00 bits per heavy atom. The van der Waals surface area contributed by atoms with Crippen molar-refractivity contribution in [2.45, 2.75) is 32.6 Å². The van der Waals surface area contributed by atoms with E-state index in [1.807, 2.05) is 62.4 Å². The number of hydrogen-bond acceptors (Lipinski definition) is 2. The summed E-state index contributed by atoms with van der Waals surface area (Å²) in [5, 5.41) is 0. The zero-order valence-corrected chi connectivity index (χ0v) is 14.0. The summed E-state index contributed by atoms with van der Waals surface area (Å²) in [6.45, 7) is 3.97. The third-order valence-corrected chi connectivity index (χ3v) is 4.49. The molecule has 0 amide bonds. The van der Waals surface area contributed by atoms with Crippen LogP contribution in [0.4, 0.5) is 0 Å². The lowest BCUT2D eigenvalue weighted by Crippen LogP contribution is -2.16. The van der Waals surface area contributed by atoms with Crippen LogP contribution in [0.2, 0.25) is 0 Å². The van der Waals surface area contributed by atoms with Gasteiger partial charge in [0.05, 0.1) is 0 Å². The Kier molecular flexibility index (Phi) is 6.03. The van der Waals surface area contributed by atoms with E-state index in [1.165, 1.54) is 0 Å². The minimum Gasteiger partial charge on any atom is -0.293 e. The molecular weight excluding hydrogens is 291 g/mol. The second kappa shape index (κ2) is 8.00. The highest BCUT2D eigenvalue weighted by Gasteiger charge is 2.24. The molecule has 0 spiro atoms. The predicted molar refractivity (Wildman–Crippen MR) is 91.1 cm³/mol. The van der Waals surface area contributed by atoms with Crippen molar-refractivity contribution >= 4 is 14.2 Å². The van der Waals surface area contributed by atoms with E-state index in [4.69, 9.17) is 0 Å². The normalized spacial score (nSPS) is 12.3. The van der Waals surface area contributed by atoms with E-state index < -0.39 is 0 Å². The van der Waals surface area contributed by atoms with Crippen LogP contribution >= 0.6 is 8.46 Å². The van der Waals surface area contributed by atoms with Crippen molar-refractivity contribution in [3.8, 4) is 0 Å². The molecule has 2 aromatic carbocycles. The van der Waals surface area contributed by atoms with Gasteiger partial charge in [-0.1, -0.05) is 48.5 Å². The van der Waals surface area contributed by atoms with Crippen molar-refractivity contribution in [2.24, 2.45) is 0 Å². The SMILES string of the molecule is Cc1cccc(C)c1C(=O)C(CCCP=O)c1ccccc1. The van der Waals surface area contributed by atoms with Crippen LogP contribution in [0.1, 0.15) is 45.8 Å². The Morgan fingerprint density at radius 2 is 1.64 bits per heavy atom. The Hall–Kier alpha value is -1.79. The number of aryl methyl sites for hydroxylation is 2. The first-order chi connectivity index (χ1) is 10.6. The van der Waals surface area contributed by atoms with Gasteiger partial charge in [-0.2, -0.15) is 0 Å². The monoisotopic (exact) mass is 312 g/mol. The summed E-state index contributed by atoms with van der Waals surface area (Å²) in [6, 6.07) is 15.8. The maximum Gasteiger partial charge on any atom is 0.170 e. The lowest BCUT2D eigenvalue weighted by atomic mass is 9.84. The van der Waals surface area contributed by atoms with Crippen molar-refractivity contribution in [1.29, 1.82) is 0 Å². The molecule has 2 nitrogen and oxygen atoms in total. The van der Waals surface area contributed by atoms with Crippen LogP contribution in [0.5, 0.6) is 0 Å². The molecule has 0 aliphatic rings. The van der Waals surface area contributed by atoms with Gasteiger partial charge < -0.3 is 0 Å². The van der Waals surface area contributed by atoms with Gasteiger partial charge in [-0.3, -0.25) is 9.36 Å². The van der Waals surface area contributed by atoms with Gasteiger partial charge >= 0.3 is 0 Å². The summed E-state index contributed by atoms with van der Waals surface area (Å²) in [5.74, 6) is 0.00659. The van der Waals surface area contributed by atoms with Crippen molar-refractivity contribution in [2.75, 3.05) is 6.16 Å². The minimum atomic E-state index is -0.164. The maximum absolute atomic E-state index is 13.1. The first-order valence-electron chi connectivity index (χ1n) is 7.59. The molecular formula is C19H21O2P. The van der Waals surface area contributed by atoms with E-state index >= 15 is 0 Å². The molecule has 0 saturated carbocycles. The maximum atomic E-state index is 13.1. The average molecular weight is 312 g/mol. The molecule has 3 heteroatoms. The fraction of sp³-hybridized carbons (Fsp3) is 0.316. The van der Waals surface area contributed by atoms with Gasteiger partial charge in [0, 0.05) is 17.6 Å². The molecule has 1 atom stereocenters. The Balaban J connectivity index is 2.36. The fourth-order valence-electron chi connectivity index (χ4n) is 2.87. The van der Waals surface area contributed by atoms with E-state index in [1.54, 1.807) is 0 Å². The second-order valence-electron chi connectivity index (χ2n) is 5.59. The van der Waals surface area contributed by atoms with Crippen molar-refractivity contribution in [3.05, 3.63) is 70.8 Å². The first-order valence-corrected chi connectivity index (χ1v) is 8.59. The molecule has 22 heavy (non-hydrogen) atoms. The third-order valence-electron chi connectivity index (χ3n) is 3.99. The highest BCUT2D eigenvalue weighted by molar-refractivity contribution is 7.23. The fourth-order valence-corrected chi connectivity index (χ4v) is 3.18. The van der Waals surface area contributed by atoms with Crippen molar-refractivity contribution in [1.82, 2.24) is 0 Å². The Labute approximate surface area is 133 Å². The van der Waals surface area contributed by atoms with Crippen LogP contribution in [-0.4, -0.2) is 11.9 Å². The predicted octanol–water partition coefficient (Wildman–Crippen LogP) is 5.34. The number of benzene rings is 2. The quantitative estimate of drug-likeness (QED) is 0.393. The summed E-state index contributed by atoms with van der Waals surface area (Å²) >= 11 is 0. The number of rotatable bonds is 7. The van der Waals surface area contributed by atoms with Crippen LogP contribution in [0, 0.1) is 13.8 Å². The minimum absolute atomic E-state index is 0.150. The first kappa shape index (κ1) is 16.6. The lowest BCUT2D eigenvalue weighted by Gasteiger charge is -2.18. The lowest BCUT2D eigenvalue weighted by molar-refractivity contribution is 0.0953. The van der Waals surface area contributed by atoms with E-state index in [0.29, 0.717) is 6.16 Å².